The second kappa shape index (κ2) is 10.1. The van der Waals surface area contributed by atoms with Gasteiger partial charge in [-0.25, -0.2) is 4.99 Å². The molecule has 0 unspecified atom stereocenters. The summed E-state index contributed by atoms with van der Waals surface area (Å²) in [6.45, 7) is 2.20. The Balaban J connectivity index is 1.56. The number of unbranched alkanes of at least 4 members (excludes halogenated alkanes) is 2. The minimum absolute atomic E-state index is 0.629. The van der Waals surface area contributed by atoms with Crippen molar-refractivity contribution in [3.05, 3.63) is 83.6 Å². The van der Waals surface area contributed by atoms with Crippen molar-refractivity contribution in [3.8, 4) is 0 Å². The highest BCUT2D eigenvalue weighted by Crippen LogP contribution is 2.11. The lowest BCUT2D eigenvalue weighted by atomic mass is 10.1. The Morgan fingerprint density at radius 3 is 2.07 bits per heavy atom. The maximum Gasteiger partial charge on any atom is 0.174 e. The summed E-state index contributed by atoms with van der Waals surface area (Å²) in [4.78, 5) is 8.86. The first-order valence-corrected chi connectivity index (χ1v) is 9.39. The molecule has 136 valence electrons. The van der Waals surface area contributed by atoms with E-state index in [4.69, 9.17) is 0 Å². The number of nitrogens with zero attached hydrogens (tertiary/aromatic N) is 4. The Morgan fingerprint density at radius 2 is 1.44 bits per heavy atom. The van der Waals surface area contributed by atoms with E-state index in [1.807, 2.05) is 72.9 Å². The van der Waals surface area contributed by atoms with E-state index in [9.17, 15) is 0 Å². The van der Waals surface area contributed by atoms with Crippen molar-refractivity contribution >= 4 is 23.9 Å². The number of aryl methyl sites for hydroxylation is 1. The quantitative estimate of drug-likeness (QED) is 0.383. The van der Waals surface area contributed by atoms with E-state index >= 15 is 0 Å². The van der Waals surface area contributed by atoms with Gasteiger partial charge in [-0.15, -0.1) is 5.10 Å². The van der Waals surface area contributed by atoms with Crippen LogP contribution < -0.4 is 0 Å². The van der Waals surface area contributed by atoms with Crippen LogP contribution >= 0.6 is 0 Å². The number of aromatic nitrogens is 2. The fourth-order valence-electron chi connectivity index (χ4n) is 2.58. The molecule has 4 heteroatoms. The lowest BCUT2D eigenvalue weighted by Crippen LogP contribution is -1.92. The summed E-state index contributed by atoms with van der Waals surface area (Å²) >= 11 is 0. The van der Waals surface area contributed by atoms with Crippen LogP contribution in [0.25, 0.3) is 0 Å². The molecule has 0 bridgehead atoms. The van der Waals surface area contributed by atoms with Gasteiger partial charge in [-0.05, 0) is 48.2 Å². The molecule has 0 amide bonds. The molecule has 0 saturated carbocycles. The predicted molar refractivity (Wildman–Crippen MR) is 113 cm³/mol. The molecule has 0 saturated heterocycles. The third kappa shape index (κ3) is 6.26. The zero-order chi connectivity index (χ0) is 18.7. The number of hydrogen-bond acceptors (Lipinski definition) is 4. The van der Waals surface area contributed by atoms with Crippen LogP contribution in [0.5, 0.6) is 0 Å². The maximum atomic E-state index is 4.46. The summed E-state index contributed by atoms with van der Waals surface area (Å²) in [6, 6.07) is 21.9. The summed E-state index contributed by atoms with van der Waals surface area (Å²) in [5.74, 6) is 0.629. The second-order valence-corrected chi connectivity index (χ2v) is 6.36. The molecule has 0 spiro atoms. The van der Waals surface area contributed by atoms with Crippen LogP contribution in [0.4, 0.5) is 11.5 Å². The zero-order valence-electron chi connectivity index (χ0n) is 15.6. The highest BCUT2D eigenvalue weighted by molar-refractivity contribution is 5.85. The highest BCUT2D eigenvalue weighted by atomic mass is 15.1. The van der Waals surface area contributed by atoms with Crippen molar-refractivity contribution in [3.63, 3.8) is 0 Å². The number of hydrogen-bond donors (Lipinski definition) is 0. The van der Waals surface area contributed by atoms with Gasteiger partial charge in [0.15, 0.2) is 5.82 Å². The van der Waals surface area contributed by atoms with Gasteiger partial charge in [-0.2, -0.15) is 5.10 Å². The van der Waals surface area contributed by atoms with Gasteiger partial charge in [-0.3, -0.25) is 4.99 Å². The van der Waals surface area contributed by atoms with Crippen LogP contribution in [0.2, 0.25) is 0 Å². The van der Waals surface area contributed by atoms with Crippen LogP contribution in [-0.4, -0.2) is 22.6 Å². The Labute approximate surface area is 160 Å². The molecule has 3 rings (SSSR count). The van der Waals surface area contributed by atoms with Crippen molar-refractivity contribution in [1.82, 2.24) is 10.2 Å². The van der Waals surface area contributed by atoms with Gasteiger partial charge in [0.25, 0.3) is 0 Å². The standard InChI is InChI=1S/C23H24N4/c1-2-3-5-10-22-15-16-23(27-26-22)25-18-20-13-11-19(12-14-20)17-24-21-8-6-4-7-9-21/h4,6-9,11-18H,2-3,5,10H2,1H3. The predicted octanol–water partition coefficient (Wildman–Crippen LogP) is 5.71. The Kier molecular flexibility index (Phi) is 6.99. The number of rotatable bonds is 8. The molecule has 0 fully saturated rings. The summed E-state index contributed by atoms with van der Waals surface area (Å²) < 4.78 is 0. The first-order valence-electron chi connectivity index (χ1n) is 9.39. The van der Waals surface area contributed by atoms with E-state index in [0.29, 0.717) is 5.82 Å². The molecule has 4 nitrogen and oxygen atoms in total. The molecular formula is C23H24N4. The van der Waals surface area contributed by atoms with E-state index in [0.717, 1.165) is 35.3 Å². The van der Waals surface area contributed by atoms with Crippen LogP contribution in [0.3, 0.4) is 0 Å². The van der Waals surface area contributed by atoms with E-state index < -0.39 is 0 Å². The summed E-state index contributed by atoms with van der Waals surface area (Å²) in [5, 5.41) is 8.43. The van der Waals surface area contributed by atoms with E-state index in [-0.39, 0.29) is 0 Å². The molecule has 0 atom stereocenters. The van der Waals surface area contributed by atoms with Gasteiger partial charge in [0.2, 0.25) is 0 Å². The van der Waals surface area contributed by atoms with Crippen molar-refractivity contribution < 1.29 is 0 Å². The molecule has 27 heavy (non-hydrogen) atoms. The maximum absolute atomic E-state index is 4.46. The van der Waals surface area contributed by atoms with Gasteiger partial charge in [-0.1, -0.05) is 62.2 Å². The van der Waals surface area contributed by atoms with Gasteiger partial charge >= 0.3 is 0 Å². The minimum atomic E-state index is 0.629. The molecule has 2 aromatic carbocycles. The minimum Gasteiger partial charge on any atom is -0.256 e. The smallest absolute Gasteiger partial charge is 0.174 e. The second-order valence-electron chi connectivity index (χ2n) is 6.36. The van der Waals surface area contributed by atoms with Crippen molar-refractivity contribution in [2.45, 2.75) is 32.6 Å². The van der Waals surface area contributed by atoms with Crippen LogP contribution in [0.1, 0.15) is 43.0 Å². The molecule has 1 aromatic heterocycles. The zero-order valence-corrected chi connectivity index (χ0v) is 15.6. The third-order valence-electron chi connectivity index (χ3n) is 4.14. The average Bonchev–Trinajstić information content (AvgIpc) is 2.73. The molecule has 1 heterocycles. The van der Waals surface area contributed by atoms with Crippen molar-refractivity contribution in [2.24, 2.45) is 9.98 Å². The SMILES string of the molecule is CCCCCc1ccc(N=Cc2ccc(C=Nc3ccccc3)cc2)nn1. The first-order chi connectivity index (χ1) is 13.3. The topological polar surface area (TPSA) is 50.5 Å². The van der Waals surface area contributed by atoms with E-state index in [2.05, 4.69) is 27.1 Å². The average molecular weight is 356 g/mol. The Morgan fingerprint density at radius 1 is 0.741 bits per heavy atom. The molecule has 0 aliphatic rings. The first kappa shape index (κ1) is 18.6. The van der Waals surface area contributed by atoms with E-state index in [1.165, 1.54) is 12.8 Å². The molecule has 0 radical (unpaired) electrons. The number of para-hydroxylation sites is 1. The molecule has 0 aliphatic heterocycles. The van der Waals surface area contributed by atoms with Gasteiger partial charge in [0.1, 0.15) is 0 Å². The van der Waals surface area contributed by atoms with Gasteiger partial charge in [0, 0.05) is 12.4 Å². The van der Waals surface area contributed by atoms with E-state index in [1.54, 1.807) is 6.21 Å². The largest absolute Gasteiger partial charge is 0.256 e. The Hall–Kier alpha value is -3.14. The van der Waals surface area contributed by atoms with Crippen LogP contribution in [-0.2, 0) is 6.42 Å². The summed E-state index contributed by atoms with van der Waals surface area (Å²) in [5.41, 5.74) is 4.04. The van der Waals surface area contributed by atoms with Gasteiger partial charge < -0.3 is 0 Å². The molecular weight excluding hydrogens is 332 g/mol. The highest BCUT2D eigenvalue weighted by Gasteiger charge is 1.97. The van der Waals surface area contributed by atoms with Gasteiger partial charge in [0.05, 0.1) is 11.4 Å². The van der Waals surface area contributed by atoms with Crippen LogP contribution in [0, 0.1) is 0 Å². The number of aliphatic imine (C=N–C) groups is 2. The fourth-order valence-corrected chi connectivity index (χ4v) is 2.58. The summed E-state index contributed by atoms with van der Waals surface area (Å²) in [6.07, 6.45) is 8.25. The lowest BCUT2D eigenvalue weighted by Gasteiger charge is -1.99. The fraction of sp³-hybridized carbons (Fsp3) is 0.217. The Bertz CT molecular complexity index is 867. The monoisotopic (exact) mass is 356 g/mol. The molecule has 0 N–H and O–H groups in total. The molecule has 3 aromatic rings. The van der Waals surface area contributed by atoms with Crippen molar-refractivity contribution in [2.75, 3.05) is 0 Å². The number of benzene rings is 2. The summed E-state index contributed by atoms with van der Waals surface area (Å²) in [7, 11) is 0. The lowest BCUT2D eigenvalue weighted by molar-refractivity contribution is 0.699. The van der Waals surface area contributed by atoms with Crippen molar-refractivity contribution in [1.29, 1.82) is 0 Å². The third-order valence-corrected chi connectivity index (χ3v) is 4.14. The van der Waals surface area contributed by atoms with Crippen LogP contribution in [0.15, 0.2) is 76.7 Å². The normalized spacial score (nSPS) is 11.4. The molecule has 0 aliphatic carbocycles.